The number of thiophene rings is 1. The van der Waals surface area contributed by atoms with Crippen LogP contribution in [0.25, 0.3) is 0 Å². The van der Waals surface area contributed by atoms with Crippen molar-refractivity contribution in [3.63, 3.8) is 0 Å². The van der Waals surface area contributed by atoms with Crippen LogP contribution < -0.4 is 9.80 Å². The number of carbonyl (C=O) groups is 1. The number of hydrogen-bond donors (Lipinski definition) is 0. The Kier molecular flexibility index (Phi) is 4.36. The molecule has 0 spiro atoms. The van der Waals surface area contributed by atoms with E-state index in [9.17, 15) is 4.79 Å². The van der Waals surface area contributed by atoms with E-state index >= 15 is 0 Å². The standard InChI is InChI=1S/C19H20N4OS/c1-22-16-8-4-3-7-15(16)18(19(22)24)21-20-13-14-9-10-17(25-14)23-11-5-2-6-12-23/h3-4,7-10,13H,2,5-6,11-12H2,1H3/b20-13-,21-18+. The normalized spacial score (nSPS) is 19.2. The van der Waals surface area contributed by atoms with E-state index in [0.717, 1.165) is 29.2 Å². The first kappa shape index (κ1) is 16.0. The first-order chi connectivity index (χ1) is 12.2. The maximum Gasteiger partial charge on any atom is 0.279 e. The SMILES string of the molecule is CN1C(=O)/C(=N/N=C\c2ccc(N3CCCCC3)s2)c2ccccc21. The molecule has 5 nitrogen and oxygen atoms in total. The van der Waals surface area contributed by atoms with Gasteiger partial charge in [0.2, 0.25) is 0 Å². The molecule has 1 aromatic carbocycles. The van der Waals surface area contributed by atoms with E-state index in [1.165, 1.54) is 24.3 Å². The van der Waals surface area contributed by atoms with E-state index in [4.69, 9.17) is 0 Å². The minimum atomic E-state index is -0.112. The van der Waals surface area contributed by atoms with Gasteiger partial charge in [-0.2, -0.15) is 5.10 Å². The zero-order valence-corrected chi connectivity index (χ0v) is 15.0. The molecule has 1 aromatic heterocycles. The van der Waals surface area contributed by atoms with Crippen molar-refractivity contribution in [2.45, 2.75) is 19.3 Å². The largest absolute Gasteiger partial charge is 0.363 e. The summed E-state index contributed by atoms with van der Waals surface area (Å²) in [6, 6.07) is 11.9. The number of carbonyl (C=O) groups excluding carboxylic acids is 1. The number of amides is 1. The number of piperidine rings is 1. The van der Waals surface area contributed by atoms with Crippen molar-refractivity contribution in [2.24, 2.45) is 10.2 Å². The van der Waals surface area contributed by atoms with Gasteiger partial charge in [-0.1, -0.05) is 18.2 Å². The van der Waals surface area contributed by atoms with Crippen molar-refractivity contribution < 1.29 is 4.79 Å². The molecule has 2 aromatic rings. The third-order valence-electron chi connectivity index (χ3n) is 4.65. The summed E-state index contributed by atoms with van der Waals surface area (Å²) in [4.78, 5) is 17.4. The third kappa shape index (κ3) is 3.09. The Labute approximate surface area is 151 Å². The Hall–Kier alpha value is -2.47. The highest BCUT2D eigenvalue weighted by atomic mass is 32.1. The average molecular weight is 352 g/mol. The number of fused-ring (bicyclic) bond motifs is 1. The molecule has 1 saturated heterocycles. The van der Waals surface area contributed by atoms with Crippen molar-refractivity contribution in [3.05, 3.63) is 46.8 Å². The minimum absolute atomic E-state index is 0.112. The van der Waals surface area contributed by atoms with E-state index in [1.54, 1.807) is 29.5 Å². The van der Waals surface area contributed by atoms with Crippen LogP contribution in [0.5, 0.6) is 0 Å². The van der Waals surface area contributed by atoms with Crippen LogP contribution in [0.4, 0.5) is 10.7 Å². The fourth-order valence-corrected chi connectivity index (χ4v) is 4.21. The number of nitrogens with zero attached hydrogens (tertiary/aromatic N) is 4. The molecular weight excluding hydrogens is 332 g/mol. The van der Waals surface area contributed by atoms with Gasteiger partial charge in [0.15, 0.2) is 5.71 Å². The molecule has 25 heavy (non-hydrogen) atoms. The zero-order chi connectivity index (χ0) is 17.2. The van der Waals surface area contributed by atoms with Gasteiger partial charge < -0.3 is 9.80 Å². The van der Waals surface area contributed by atoms with E-state index in [1.807, 2.05) is 24.3 Å². The van der Waals surface area contributed by atoms with Crippen LogP contribution in [0.1, 0.15) is 29.7 Å². The Balaban J connectivity index is 1.52. The first-order valence-corrected chi connectivity index (χ1v) is 9.39. The van der Waals surface area contributed by atoms with Gasteiger partial charge in [-0.25, -0.2) is 0 Å². The van der Waals surface area contributed by atoms with Crippen LogP contribution >= 0.6 is 11.3 Å². The zero-order valence-electron chi connectivity index (χ0n) is 14.2. The quantitative estimate of drug-likeness (QED) is 0.627. The Morgan fingerprint density at radius 1 is 1.08 bits per heavy atom. The maximum atomic E-state index is 12.3. The molecule has 2 aliphatic rings. The Morgan fingerprint density at radius 3 is 2.72 bits per heavy atom. The van der Waals surface area contributed by atoms with Crippen LogP contribution in [-0.4, -0.2) is 38.0 Å². The van der Waals surface area contributed by atoms with Gasteiger partial charge in [0.25, 0.3) is 5.91 Å². The number of likely N-dealkylation sites (N-methyl/N-ethyl adjacent to an activating group) is 1. The second-order valence-corrected chi connectivity index (χ2v) is 7.39. The molecule has 1 fully saturated rings. The highest BCUT2D eigenvalue weighted by molar-refractivity contribution is 7.17. The molecule has 3 heterocycles. The molecule has 4 rings (SSSR count). The Bertz CT molecular complexity index is 849. The maximum absolute atomic E-state index is 12.3. The lowest BCUT2D eigenvalue weighted by atomic mass is 10.1. The fraction of sp³-hybridized carbons (Fsp3) is 0.316. The van der Waals surface area contributed by atoms with Crippen LogP contribution in [0.3, 0.4) is 0 Å². The topological polar surface area (TPSA) is 48.3 Å². The monoisotopic (exact) mass is 352 g/mol. The summed E-state index contributed by atoms with van der Waals surface area (Å²) in [6.45, 7) is 2.27. The summed E-state index contributed by atoms with van der Waals surface area (Å²) < 4.78 is 0. The van der Waals surface area contributed by atoms with Gasteiger partial charge in [-0.05, 0) is 37.5 Å². The van der Waals surface area contributed by atoms with E-state index < -0.39 is 0 Å². The highest BCUT2D eigenvalue weighted by Crippen LogP contribution is 2.29. The molecule has 6 heteroatoms. The number of benzene rings is 1. The molecule has 0 N–H and O–H groups in total. The van der Waals surface area contributed by atoms with Crippen LogP contribution in [-0.2, 0) is 4.79 Å². The molecule has 0 atom stereocenters. The van der Waals surface area contributed by atoms with Crippen LogP contribution in [0.15, 0.2) is 46.6 Å². The third-order valence-corrected chi connectivity index (χ3v) is 5.73. The van der Waals surface area contributed by atoms with Crippen molar-refractivity contribution in [1.82, 2.24) is 0 Å². The Morgan fingerprint density at radius 2 is 1.88 bits per heavy atom. The molecule has 2 aliphatic heterocycles. The van der Waals surface area contributed by atoms with E-state index in [2.05, 4.69) is 27.2 Å². The summed E-state index contributed by atoms with van der Waals surface area (Å²) in [7, 11) is 1.76. The number of para-hydroxylation sites is 1. The van der Waals surface area contributed by atoms with Crippen molar-refractivity contribution in [2.75, 3.05) is 29.9 Å². The lowest BCUT2D eigenvalue weighted by Crippen LogP contribution is -2.28. The summed E-state index contributed by atoms with van der Waals surface area (Å²) in [6.07, 6.45) is 5.60. The summed E-state index contributed by atoms with van der Waals surface area (Å²) >= 11 is 1.72. The molecule has 0 bridgehead atoms. The number of anilines is 2. The van der Waals surface area contributed by atoms with E-state index in [-0.39, 0.29) is 5.91 Å². The van der Waals surface area contributed by atoms with Crippen molar-refractivity contribution >= 4 is 39.9 Å². The second kappa shape index (κ2) is 6.80. The molecular formula is C19H20N4OS. The summed E-state index contributed by atoms with van der Waals surface area (Å²) in [5.41, 5.74) is 2.12. The predicted octanol–water partition coefficient (Wildman–Crippen LogP) is 3.54. The van der Waals surface area contributed by atoms with E-state index in [0.29, 0.717) is 5.71 Å². The van der Waals surface area contributed by atoms with Crippen molar-refractivity contribution in [3.8, 4) is 0 Å². The van der Waals surface area contributed by atoms with Crippen LogP contribution in [0.2, 0.25) is 0 Å². The molecule has 0 unspecified atom stereocenters. The molecule has 0 aliphatic carbocycles. The predicted molar refractivity (Wildman–Crippen MR) is 104 cm³/mol. The molecule has 1 amide bonds. The highest BCUT2D eigenvalue weighted by Gasteiger charge is 2.30. The van der Waals surface area contributed by atoms with Gasteiger partial charge in [0.1, 0.15) is 0 Å². The second-order valence-electron chi connectivity index (χ2n) is 6.30. The van der Waals surface area contributed by atoms with Crippen LogP contribution in [0, 0.1) is 0 Å². The van der Waals surface area contributed by atoms with Gasteiger partial charge in [0.05, 0.1) is 16.9 Å². The van der Waals surface area contributed by atoms with Crippen molar-refractivity contribution in [1.29, 1.82) is 0 Å². The lowest BCUT2D eigenvalue weighted by molar-refractivity contribution is -0.111. The molecule has 0 radical (unpaired) electrons. The fourth-order valence-electron chi connectivity index (χ4n) is 3.29. The molecule has 128 valence electrons. The smallest absolute Gasteiger partial charge is 0.279 e. The number of rotatable bonds is 3. The first-order valence-electron chi connectivity index (χ1n) is 8.57. The van der Waals surface area contributed by atoms with Gasteiger partial charge in [-0.3, -0.25) is 4.79 Å². The lowest BCUT2D eigenvalue weighted by Gasteiger charge is -2.27. The van der Waals surface area contributed by atoms with Gasteiger partial charge in [0, 0.05) is 30.6 Å². The van der Waals surface area contributed by atoms with Gasteiger partial charge in [-0.15, -0.1) is 16.4 Å². The summed E-state index contributed by atoms with van der Waals surface area (Å²) in [5, 5.41) is 9.66. The summed E-state index contributed by atoms with van der Waals surface area (Å²) in [5.74, 6) is -0.112. The average Bonchev–Trinajstić information content (AvgIpc) is 3.22. The minimum Gasteiger partial charge on any atom is -0.363 e. The van der Waals surface area contributed by atoms with Gasteiger partial charge >= 0.3 is 0 Å². The molecule has 0 saturated carbocycles. The number of hydrogen-bond acceptors (Lipinski definition) is 5.